The summed E-state index contributed by atoms with van der Waals surface area (Å²) in [7, 11) is 3.95. The molecule has 0 aliphatic rings. The van der Waals surface area contributed by atoms with Crippen LogP contribution in [0.2, 0.25) is 0 Å². The van der Waals surface area contributed by atoms with Crippen LogP contribution >= 0.6 is 15.9 Å². The number of likely N-dealkylation sites (N-methyl/N-ethyl adjacent to an activating group) is 1. The van der Waals surface area contributed by atoms with E-state index in [1.165, 1.54) is 0 Å². The zero-order chi connectivity index (χ0) is 12.1. The molecule has 5 heteroatoms. The number of carbonyl (C=O) groups is 1. The Morgan fingerprint density at radius 3 is 2.75 bits per heavy atom. The van der Waals surface area contributed by atoms with Crippen molar-refractivity contribution in [2.45, 2.75) is 0 Å². The standard InChI is InChI=1S/C11H15BrN2O2/c1-14(2)6-5-13-10-4-3-8(12)7-9(10)11(15)16/h3-4,7,13H,5-6H2,1-2H3,(H,15,16). The summed E-state index contributed by atoms with van der Waals surface area (Å²) in [5.41, 5.74) is 0.936. The van der Waals surface area contributed by atoms with Gasteiger partial charge in [0.1, 0.15) is 0 Å². The van der Waals surface area contributed by atoms with Gasteiger partial charge >= 0.3 is 5.97 Å². The van der Waals surface area contributed by atoms with E-state index in [2.05, 4.69) is 21.2 Å². The van der Waals surface area contributed by atoms with Gasteiger partial charge in [-0.1, -0.05) is 15.9 Å². The van der Waals surface area contributed by atoms with Crippen LogP contribution in [0.5, 0.6) is 0 Å². The Morgan fingerprint density at radius 2 is 2.19 bits per heavy atom. The molecule has 0 unspecified atom stereocenters. The minimum absolute atomic E-state index is 0.285. The number of anilines is 1. The van der Waals surface area contributed by atoms with Crippen molar-refractivity contribution < 1.29 is 9.90 Å². The molecule has 2 N–H and O–H groups in total. The molecule has 0 saturated heterocycles. The van der Waals surface area contributed by atoms with E-state index >= 15 is 0 Å². The molecule has 0 aliphatic carbocycles. The predicted octanol–water partition coefficient (Wildman–Crippen LogP) is 2.12. The Balaban J connectivity index is 2.75. The molecule has 0 aliphatic heterocycles. The minimum Gasteiger partial charge on any atom is -0.478 e. The number of rotatable bonds is 5. The third-order valence-electron chi connectivity index (χ3n) is 2.09. The Morgan fingerprint density at radius 1 is 1.50 bits per heavy atom. The van der Waals surface area contributed by atoms with Gasteiger partial charge in [0.2, 0.25) is 0 Å². The normalized spacial score (nSPS) is 10.5. The molecule has 1 rings (SSSR count). The van der Waals surface area contributed by atoms with Crippen molar-refractivity contribution in [1.29, 1.82) is 0 Å². The van der Waals surface area contributed by atoms with Gasteiger partial charge in [0.05, 0.1) is 5.56 Å². The van der Waals surface area contributed by atoms with Gasteiger partial charge < -0.3 is 15.3 Å². The summed E-state index contributed by atoms with van der Waals surface area (Å²) in [6.07, 6.45) is 0. The van der Waals surface area contributed by atoms with E-state index in [9.17, 15) is 4.79 Å². The Hall–Kier alpha value is -1.07. The van der Waals surface area contributed by atoms with Crippen molar-refractivity contribution in [1.82, 2.24) is 4.90 Å². The molecule has 88 valence electrons. The summed E-state index contributed by atoms with van der Waals surface area (Å²) in [4.78, 5) is 13.0. The van der Waals surface area contributed by atoms with Crippen LogP contribution in [0.4, 0.5) is 5.69 Å². The molecule has 4 nitrogen and oxygen atoms in total. The summed E-state index contributed by atoms with van der Waals surface area (Å²) in [6.45, 7) is 1.57. The second-order valence-electron chi connectivity index (χ2n) is 3.73. The van der Waals surface area contributed by atoms with Crippen LogP contribution in [0, 0.1) is 0 Å². The number of aromatic carboxylic acids is 1. The third kappa shape index (κ3) is 3.83. The first-order valence-electron chi connectivity index (χ1n) is 4.92. The molecule has 0 fully saturated rings. The van der Waals surface area contributed by atoms with Gasteiger partial charge in [-0.25, -0.2) is 4.79 Å². The van der Waals surface area contributed by atoms with E-state index in [1.54, 1.807) is 12.1 Å². The van der Waals surface area contributed by atoms with Gasteiger partial charge in [0.25, 0.3) is 0 Å². The number of carboxylic acid groups (broad SMARTS) is 1. The van der Waals surface area contributed by atoms with Crippen LogP contribution < -0.4 is 5.32 Å². The number of nitrogens with zero attached hydrogens (tertiary/aromatic N) is 1. The third-order valence-corrected chi connectivity index (χ3v) is 2.58. The smallest absolute Gasteiger partial charge is 0.337 e. The summed E-state index contributed by atoms with van der Waals surface area (Å²) >= 11 is 3.26. The lowest BCUT2D eigenvalue weighted by Gasteiger charge is -2.13. The Labute approximate surface area is 103 Å². The number of halogens is 1. The highest BCUT2D eigenvalue weighted by Gasteiger charge is 2.09. The highest BCUT2D eigenvalue weighted by Crippen LogP contribution is 2.20. The van der Waals surface area contributed by atoms with E-state index < -0.39 is 5.97 Å². The fourth-order valence-electron chi connectivity index (χ4n) is 1.26. The largest absolute Gasteiger partial charge is 0.478 e. The zero-order valence-electron chi connectivity index (χ0n) is 9.33. The van der Waals surface area contributed by atoms with Crippen molar-refractivity contribution in [3.8, 4) is 0 Å². The van der Waals surface area contributed by atoms with Crippen LogP contribution in [0.15, 0.2) is 22.7 Å². The van der Waals surface area contributed by atoms with Crippen molar-refractivity contribution in [2.24, 2.45) is 0 Å². The maximum Gasteiger partial charge on any atom is 0.337 e. The summed E-state index contributed by atoms with van der Waals surface area (Å²) < 4.78 is 0.767. The first-order valence-corrected chi connectivity index (χ1v) is 5.71. The van der Waals surface area contributed by atoms with E-state index in [-0.39, 0.29) is 5.56 Å². The Kier molecular flexibility index (Phi) is 4.76. The molecule has 0 aromatic heterocycles. The molecule has 0 bridgehead atoms. The van der Waals surface area contributed by atoms with Crippen LogP contribution in [-0.2, 0) is 0 Å². The molecule has 0 spiro atoms. The van der Waals surface area contributed by atoms with Gasteiger partial charge in [-0.2, -0.15) is 0 Å². The molecule has 1 aromatic carbocycles. The molecule has 0 atom stereocenters. The maximum atomic E-state index is 11.0. The number of benzene rings is 1. The monoisotopic (exact) mass is 286 g/mol. The Bertz CT molecular complexity index is 380. The summed E-state index contributed by atoms with van der Waals surface area (Å²) in [6, 6.07) is 5.19. The number of hydrogen-bond donors (Lipinski definition) is 2. The molecule has 0 saturated carbocycles. The van der Waals surface area contributed by atoms with Gasteiger partial charge in [-0.3, -0.25) is 0 Å². The SMILES string of the molecule is CN(C)CCNc1ccc(Br)cc1C(=O)O. The van der Waals surface area contributed by atoms with Crippen molar-refractivity contribution >= 4 is 27.6 Å². The predicted molar refractivity (Wildman–Crippen MR) is 68.1 cm³/mol. The van der Waals surface area contributed by atoms with E-state index in [0.717, 1.165) is 17.6 Å². The fourth-order valence-corrected chi connectivity index (χ4v) is 1.62. The van der Waals surface area contributed by atoms with Crippen LogP contribution in [-0.4, -0.2) is 43.2 Å². The maximum absolute atomic E-state index is 11.0. The lowest BCUT2D eigenvalue weighted by Crippen LogP contribution is -2.21. The first kappa shape index (κ1) is 13.0. The van der Waals surface area contributed by atoms with Crippen LogP contribution in [0.1, 0.15) is 10.4 Å². The first-order chi connectivity index (χ1) is 7.50. The molecule has 0 heterocycles. The molecular weight excluding hydrogens is 272 g/mol. The molecule has 0 amide bonds. The minimum atomic E-state index is -0.923. The average molecular weight is 287 g/mol. The van der Waals surface area contributed by atoms with Gasteiger partial charge in [-0.05, 0) is 32.3 Å². The lowest BCUT2D eigenvalue weighted by atomic mass is 10.2. The fraction of sp³-hybridized carbons (Fsp3) is 0.364. The van der Waals surface area contributed by atoms with Gasteiger partial charge in [0.15, 0.2) is 0 Å². The average Bonchev–Trinajstić information content (AvgIpc) is 2.19. The molecule has 16 heavy (non-hydrogen) atoms. The molecular formula is C11H15BrN2O2. The highest BCUT2D eigenvalue weighted by atomic mass is 79.9. The second-order valence-corrected chi connectivity index (χ2v) is 4.64. The van der Waals surface area contributed by atoms with Crippen molar-refractivity contribution in [2.75, 3.05) is 32.5 Å². The lowest BCUT2D eigenvalue weighted by molar-refractivity contribution is 0.0698. The van der Waals surface area contributed by atoms with E-state index in [0.29, 0.717) is 5.69 Å². The molecule has 0 radical (unpaired) electrons. The number of nitrogens with one attached hydrogen (secondary N) is 1. The van der Waals surface area contributed by atoms with Gasteiger partial charge in [0, 0.05) is 23.2 Å². The topological polar surface area (TPSA) is 52.6 Å². The summed E-state index contributed by atoms with van der Waals surface area (Å²) in [5, 5.41) is 12.1. The molecule has 1 aromatic rings. The second kappa shape index (κ2) is 5.86. The van der Waals surface area contributed by atoms with E-state index in [4.69, 9.17) is 5.11 Å². The number of carboxylic acids is 1. The van der Waals surface area contributed by atoms with Crippen LogP contribution in [0.25, 0.3) is 0 Å². The van der Waals surface area contributed by atoms with E-state index in [1.807, 2.05) is 25.1 Å². The van der Waals surface area contributed by atoms with Gasteiger partial charge in [-0.15, -0.1) is 0 Å². The van der Waals surface area contributed by atoms with Crippen LogP contribution in [0.3, 0.4) is 0 Å². The number of hydrogen-bond acceptors (Lipinski definition) is 3. The zero-order valence-corrected chi connectivity index (χ0v) is 10.9. The highest BCUT2D eigenvalue weighted by molar-refractivity contribution is 9.10. The summed E-state index contributed by atoms with van der Waals surface area (Å²) in [5.74, 6) is -0.923. The van der Waals surface area contributed by atoms with Crippen molar-refractivity contribution in [3.63, 3.8) is 0 Å². The van der Waals surface area contributed by atoms with Crippen molar-refractivity contribution in [3.05, 3.63) is 28.2 Å². The quantitative estimate of drug-likeness (QED) is 0.871.